The van der Waals surface area contributed by atoms with Crippen molar-refractivity contribution in [1.82, 2.24) is 20.0 Å². The van der Waals surface area contributed by atoms with Gasteiger partial charge in [-0.25, -0.2) is 0 Å². The number of nitrogens with one attached hydrogen (secondary N) is 1. The molecule has 2 heterocycles. The van der Waals surface area contributed by atoms with Crippen molar-refractivity contribution in [2.45, 2.75) is 0 Å². The Bertz CT molecular complexity index is 846. The first-order chi connectivity index (χ1) is 12.6. The Labute approximate surface area is 162 Å². The van der Waals surface area contributed by atoms with Crippen molar-refractivity contribution >= 4 is 34.6 Å². The highest BCUT2D eigenvalue weighted by Gasteiger charge is 2.22. The molecule has 0 radical (unpaired) electrons. The van der Waals surface area contributed by atoms with Gasteiger partial charge >= 0.3 is 0 Å². The van der Waals surface area contributed by atoms with Crippen LogP contribution in [0.15, 0.2) is 54.0 Å². The lowest BCUT2D eigenvalue weighted by atomic mass is 10.3. The molecule has 1 aliphatic rings. The molecule has 0 bridgehead atoms. The molecule has 0 saturated carbocycles. The summed E-state index contributed by atoms with van der Waals surface area (Å²) in [6, 6.07) is 9.24. The smallest absolute Gasteiger partial charge is 0.292 e. The third-order valence-electron chi connectivity index (χ3n) is 4.21. The number of benzene rings is 1. The summed E-state index contributed by atoms with van der Waals surface area (Å²) in [6.45, 7) is 7.25. The highest BCUT2D eigenvalue weighted by Crippen LogP contribution is 2.23. The van der Waals surface area contributed by atoms with E-state index in [0.29, 0.717) is 36.1 Å². The van der Waals surface area contributed by atoms with Gasteiger partial charge in [0.15, 0.2) is 5.11 Å². The van der Waals surface area contributed by atoms with Gasteiger partial charge in [0.1, 0.15) is 5.02 Å². The Morgan fingerprint density at radius 2 is 1.96 bits per heavy atom. The van der Waals surface area contributed by atoms with E-state index in [1.165, 1.54) is 4.68 Å². The van der Waals surface area contributed by atoms with Gasteiger partial charge in [0, 0.05) is 32.7 Å². The minimum absolute atomic E-state index is 0.185. The molecular weight excluding hydrogens is 370 g/mol. The highest BCUT2D eigenvalue weighted by molar-refractivity contribution is 7.80. The van der Waals surface area contributed by atoms with E-state index in [2.05, 4.69) is 26.8 Å². The molecule has 1 aromatic carbocycles. The number of hydrogen-bond donors (Lipinski definition) is 1. The first kappa shape index (κ1) is 18.4. The second-order valence-electron chi connectivity index (χ2n) is 5.85. The highest BCUT2D eigenvalue weighted by atomic mass is 35.5. The monoisotopic (exact) mass is 389 g/mol. The van der Waals surface area contributed by atoms with Gasteiger partial charge in [-0.1, -0.05) is 35.9 Å². The zero-order valence-corrected chi connectivity index (χ0v) is 15.8. The summed E-state index contributed by atoms with van der Waals surface area (Å²) in [5.41, 5.74) is 1.03. The SMILES string of the molecule is C=CCNC(=S)N1CCN(c2cnn(-c3ccccc3)c(=O)c2Cl)CC1. The number of anilines is 1. The van der Waals surface area contributed by atoms with Crippen LogP contribution in [0.4, 0.5) is 5.69 Å². The fourth-order valence-corrected chi connectivity index (χ4v) is 3.33. The third-order valence-corrected chi connectivity index (χ3v) is 4.96. The Hall–Kier alpha value is -2.38. The average Bonchev–Trinajstić information content (AvgIpc) is 2.69. The first-order valence-electron chi connectivity index (χ1n) is 8.33. The van der Waals surface area contributed by atoms with E-state index >= 15 is 0 Å². The first-order valence-corrected chi connectivity index (χ1v) is 9.12. The van der Waals surface area contributed by atoms with Crippen molar-refractivity contribution in [3.63, 3.8) is 0 Å². The maximum absolute atomic E-state index is 12.6. The Morgan fingerprint density at radius 3 is 2.62 bits per heavy atom. The van der Waals surface area contributed by atoms with Gasteiger partial charge in [0.25, 0.3) is 5.56 Å². The topological polar surface area (TPSA) is 53.4 Å². The molecule has 0 atom stereocenters. The molecule has 1 aliphatic heterocycles. The molecule has 3 rings (SSSR count). The van der Waals surface area contributed by atoms with Crippen molar-refractivity contribution in [1.29, 1.82) is 0 Å². The molecule has 1 saturated heterocycles. The predicted molar refractivity (Wildman–Crippen MR) is 109 cm³/mol. The maximum atomic E-state index is 12.6. The molecule has 0 unspecified atom stereocenters. The van der Waals surface area contributed by atoms with Crippen molar-refractivity contribution in [2.24, 2.45) is 0 Å². The molecule has 136 valence electrons. The van der Waals surface area contributed by atoms with Crippen molar-refractivity contribution in [3.05, 3.63) is 64.6 Å². The average molecular weight is 390 g/mol. The molecule has 6 nitrogen and oxygen atoms in total. The summed E-state index contributed by atoms with van der Waals surface area (Å²) in [5.74, 6) is 0. The van der Waals surface area contributed by atoms with Crippen LogP contribution >= 0.6 is 23.8 Å². The maximum Gasteiger partial charge on any atom is 0.292 e. The summed E-state index contributed by atoms with van der Waals surface area (Å²) >= 11 is 11.7. The second kappa shape index (κ2) is 8.33. The number of piperazine rings is 1. The zero-order valence-electron chi connectivity index (χ0n) is 14.3. The molecule has 26 heavy (non-hydrogen) atoms. The standard InChI is InChI=1S/C18H20ClN5OS/c1-2-8-20-18(26)23-11-9-22(10-12-23)15-13-21-24(17(25)16(15)19)14-6-4-3-5-7-14/h2-7,13H,1,8-12H2,(H,20,26). The van der Waals surface area contributed by atoms with Crippen LogP contribution in [0.1, 0.15) is 0 Å². The Balaban J connectivity index is 1.73. The number of para-hydroxylation sites is 1. The van der Waals surface area contributed by atoms with Crippen LogP contribution in [0.25, 0.3) is 5.69 Å². The molecular formula is C18H20ClN5OS. The van der Waals surface area contributed by atoms with Crippen LogP contribution in [0.3, 0.4) is 0 Å². The van der Waals surface area contributed by atoms with Crippen LogP contribution in [0.5, 0.6) is 0 Å². The Morgan fingerprint density at radius 1 is 1.27 bits per heavy atom. The lowest BCUT2D eigenvalue weighted by Gasteiger charge is -2.37. The summed E-state index contributed by atoms with van der Waals surface area (Å²) < 4.78 is 1.32. The number of aromatic nitrogens is 2. The molecule has 2 aromatic rings. The fraction of sp³-hybridized carbons (Fsp3) is 0.278. The van der Waals surface area contributed by atoms with Crippen molar-refractivity contribution < 1.29 is 0 Å². The minimum atomic E-state index is -0.319. The normalized spacial score (nSPS) is 14.2. The van der Waals surface area contributed by atoms with Gasteiger partial charge in [-0.2, -0.15) is 9.78 Å². The van der Waals surface area contributed by atoms with E-state index in [-0.39, 0.29) is 10.6 Å². The van der Waals surface area contributed by atoms with Crippen LogP contribution in [-0.2, 0) is 0 Å². The molecule has 0 spiro atoms. The van der Waals surface area contributed by atoms with Crippen LogP contribution < -0.4 is 15.8 Å². The summed E-state index contributed by atoms with van der Waals surface area (Å²) in [5, 5.41) is 8.33. The third kappa shape index (κ3) is 3.89. The second-order valence-corrected chi connectivity index (χ2v) is 6.61. The molecule has 8 heteroatoms. The molecule has 0 amide bonds. The lowest BCUT2D eigenvalue weighted by molar-refractivity contribution is 0.381. The fourth-order valence-electron chi connectivity index (χ4n) is 2.82. The van der Waals surface area contributed by atoms with Gasteiger partial charge in [0.2, 0.25) is 0 Å². The van der Waals surface area contributed by atoms with Gasteiger partial charge in [0.05, 0.1) is 17.6 Å². The van der Waals surface area contributed by atoms with E-state index in [4.69, 9.17) is 23.8 Å². The summed E-state index contributed by atoms with van der Waals surface area (Å²) in [7, 11) is 0. The van der Waals surface area contributed by atoms with Crippen LogP contribution in [0, 0.1) is 0 Å². The van der Waals surface area contributed by atoms with Gasteiger partial charge in [-0.05, 0) is 24.4 Å². The number of nitrogens with zero attached hydrogens (tertiary/aromatic N) is 4. The number of halogens is 1. The van der Waals surface area contributed by atoms with Gasteiger partial charge in [-0.15, -0.1) is 6.58 Å². The molecule has 1 aromatic heterocycles. The lowest BCUT2D eigenvalue weighted by Crippen LogP contribution is -2.52. The largest absolute Gasteiger partial charge is 0.365 e. The quantitative estimate of drug-likeness (QED) is 0.638. The minimum Gasteiger partial charge on any atom is -0.365 e. The molecule has 1 fully saturated rings. The van der Waals surface area contributed by atoms with E-state index in [0.717, 1.165) is 13.1 Å². The van der Waals surface area contributed by atoms with Crippen molar-refractivity contribution in [2.75, 3.05) is 37.6 Å². The van der Waals surface area contributed by atoms with Gasteiger partial charge in [-0.3, -0.25) is 4.79 Å². The predicted octanol–water partition coefficient (Wildman–Crippen LogP) is 2.07. The number of rotatable bonds is 4. The summed E-state index contributed by atoms with van der Waals surface area (Å²) in [4.78, 5) is 16.8. The zero-order chi connectivity index (χ0) is 18.5. The van der Waals surface area contributed by atoms with E-state index < -0.39 is 0 Å². The Kier molecular flexibility index (Phi) is 5.90. The van der Waals surface area contributed by atoms with E-state index in [1.54, 1.807) is 12.3 Å². The summed E-state index contributed by atoms with van der Waals surface area (Å²) in [6.07, 6.45) is 3.43. The van der Waals surface area contributed by atoms with Gasteiger partial charge < -0.3 is 15.1 Å². The number of hydrogen-bond acceptors (Lipinski definition) is 4. The molecule has 0 aliphatic carbocycles. The van der Waals surface area contributed by atoms with E-state index in [9.17, 15) is 4.79 Å². The number of thiocarbonyl (C=S) groups is 1. The molecule has 1 N–H and O–H groups in total. The van der Waals surface area contributed by atoms with Crippen LogP contribution in [0.2, 0.25) is 5.02 Å². The van der Waals surface area contributed by atoms with E-state index in [1.807, 2.05) is 30.3 Å². The van der Waals surface area contributed by atoms with Crippen molar-refractivity contribution in [3.8, 4) is 5.69 Å². The van der Waals surface area contributed by atoms with Crippen LogP contribution in [-0.4, -0.2) is 52.5 Å².